The smallest absolute Gasteiger partial charge is 0.280 e. The van der Waals surface area contributed by atoms with Crippen molar-refractivity contribution in [2.24, 2.45) is 5.92 Å². The van der Waals surface area contributed by atoms with E-state index in [9.17, 15) is 19.5 Å². The number of rotatable bonds is 9. The third-order valence-corrected chi connectivity index (χ3v) is 5.72. The second-order valence-electron chi connectivity index (χ2n) is 7.15. The van der Waals surface area contributed by atoms with Crippen LogP contribution >= 0.6 is 11.8 Å². The number of quaternary nitrogens is 1. The molecule has 1 saturated heterocycles. The molecule has 0 radical (unpaired) electrons. The summed E-state index contributed by atoms with van der Waals surface area (Å²) >= 11 is 1.69. The number of amides is 2. The summed E-state index contributed by atoms with van der Waals surface area (Å²) in [5.74, 6) is -0.949. The third kappa shape index (κ3) is 6.53. The molecule has 1 heterocycles. The molecule has 8 heteroatoms. The maximum absolute atomic E-state index is 12.5. The van der Waals surface area contributed by atoms with Gasteiger partial charge < -0.3 is 25.9 Å². The van der Waals surface area contributed by atoms with Gasteiger partial charge in [-0.2, -0.15) is 11.8 Å². The minimum Gasteiger partial charge on any atom is -0.548 e. The molecule has 1 fully saturated rings. The first-order chi connectivity index (χ1) is 13.4. The van der Waals surface area contributed by atoms with E-state index in [4.69, 9.17) is 0 Å². The number of thioether (sulfide) groups is 1. The summed E-state index contributed by atoms with van der Waals surface area (Å²) in [4.78, 5) is 38.2. The van der Waals surface area contributed by atoms with Crippen LogP contribution in [0.5, 0.6) is 0 Å². The molecule has 7 nitrogen and oxygen atoms in total. The predicted molar refractivity (Wildman–Crippen MR) is 106 cm³/mol. The monoisotopic (exact) mass is 407 g/mol. The van der Waals surface area contributed by atoms with Crippen LogP contribution in [0.15, 0.2) is 30.3 Å². The van der Waals surface area contributed by atoms with E-state index in [2.05, 4.69) is 11.1 Å². The SMILES string of the molecule is CSCC[C@H]([NH3+])C(=O)N1CCC(C(=O)N[C@@H](Cc2ccccc2)C(=O)[O-])CC1. The van der Waals surface area contributed by atoms with E-state index in [1.165, 1.54) is 0 Å². The van der Waals surface area contributed by atoms with Crippen molar-refractivity contribution in [1.82, 2.24) is 10.2 Å². The highest BCUT2D eigenvalue weighted by Gasteiger charge is 2.31. The van der Waals surface area contributed by atoms with Crippen molar-refractivity contribution in [2.75, 3.05) is 25.1 Å². The highest BCUT2D eigenvalue weighted by Crippen LogP contribution is 2.19. The van der Waals surface area contributed by atoms with Crippen molar-refractivity contribution >= 4 is 29.5 Å². The number of carboxylic acid groups (broad SMARTS) is 1. The quantitative estimate of drug-likeness (QED) is 0.548. The topological polar surface area (TPSA) is 117 Å². The van der Waals surface area contributed by atoms with Crippen molar-refractivity contribution < 1.29 is 25.2 Å². The first kappa shape index (κ1) is 22.2. The van der Waals surface area contributed by atoms with E-state index in [-0.39, 0.29) is 30.2 Å². The third-order valence-electron chi connectivity index (χ3n) is 5.08. The number of nitrogens with zero attached hydrogens (tertiary/aromatic N) is 1. The van der Waals surface area contributed by atoms with E-state index in [0.29, 0.717) is 25.9 Å². The number of carbonyl (C=O) groups is 3. The molecule has 1 aromatic carbocycles. The summed E-state index contributed by atoms with van der Waals surface area (Å²) in [6.45, 7) is 0.994. The van der Waals surface area contributed by atoms with Crippen LogP contribution in [-0.4, -0.2) is 59.9 Å². The summed E-state index contributed by atoms with van der Waals surface area (Å²) in [5.41, 5.74) is 4.77. The number of likely N-dealkylation sites (tertiary alicyclic amines) is 1. The van der Waals surface area contributed by atoms with Crippen LogP contribution in [0.1, 0.15) is 24.8 Å². The summed E-state index contributed by atoms with van der Waals surface area (Å²) in [6, 6.07) is 7.81. The van der Waals surface area contributed by atoms with Gasteiger partial charge in [0.25, 0.3) is 5.91 Å². The lowest BCUT2D eigenvalue weighted by molar-refractivity contribution is -0.406. The fourth-order valence-electron chi connectivity index (χ4n) is 3.34. The Kier molecular flexibility index (Phi) is 8.79. The van der Waals surface area contributed by atoms with Crippen LogP contribution in [0, 0.1) is 5.92 Å². The van der Waals surface area contributed by atoms with Crippen LogP contribution in [0.3, 0.4) is 0 Å². The molecule has 28 heavy (non-hydrogen) atoms. The van der Waals surface area contributed by atoms with Gasteiger partial charge in [0.05, 0.1) is 12.0 Å². The molecule has 1 aliphatic heterocycles. The highest BCUT2D eigenvalue weighted by atomic mass is 32.2. The van der Waals surface area contributed by atoms with Gasteiger partial charge in [-0.25, -0.2) is 0 Å². The Hall–Kier alpha value is -2.06. The summed E-state index contributed by atoms with van der Waals surface area (Å²) in [6.07, 6.45) is 3.98. The van der Waals surface area contributed by atoms with Gasteiger partial charge in [-0.15, -0.1) is 0 Å². The zero-order valence-electron chi connectivity index (χ0n) is 16.3. The van der Waals surface area contributed by atoms with Crippen molar-refractivity contribution in [3.63, 3.8) is 0 Å². The molecule has 2 rings (SSSR count). The largest absolute Gasteiger partial charge is 0.548 e. The normalized spacial score (nSPS) is 17.0. The zero-order valence-corrected chi connectivity index (χ0v) is 17.1. The lowest BCUT2D eigenvalue weighted by atomic mass is 9.94. The van der Waals surface area contributed by atoms with Crippen molar-refractivity contribution in [3.8, 4) is 0 Å². The number of aliphatic carboxylic acids is 1. The molecule has 4 N–H and O–H groups in total. The predicted octanol–water partition coefficient (Wildman–Crippen LogP) is -0.934. The van der Waals surface area contributed by atoms with Gasteiger partial charge >= 0.3 is 0 Å². The molecular formula is C20H29N3O4S. The van der Waals surface area contributed by atoms with E-state index in [1.54, 1.807) is 16.7 Å². The van der Waals surface area contributed by atoms with Crippen molar-refractivity contribution in [1.29, 1.82) is 0 Å². The standard InChI is InChI=1S/C20H29N3O4S/c1-28-12-9-16(21)19(25)23-10-7-15(8-11-23)18(24)22-17(20(26)27)13-14-5-3-2-4-6-14/h2-6,15-17H,7-13,21H2,1H3,(H,22,24)(H,26,27)/t16-,17-/m0/s1. The van der Waals surface area contributed by atoms with E-state index < -0.39 is 12.0 Å². The van der Waals surface area contributed by atoms with Gasteiger partial charge in [0.15, 0.2) is 6.04 Å². The minimum atomic E-state index is -1.29. The number of nitrogens with one attached hydrogen (secondary N) is 1. The Morgan fingerprint density at radius 1 is 1.25 bits per heavy atom. The fourth-order valence-corrected chi connectivity index (χ4v) is 3.86. The fraction of sp³-hybridized carbons (Fsp3) is 0.550. The number of piperidine rings is 1. The molecule has 2 atom stereocenters. The van der Waals surface area contributed by atoms with Gasteiger partial charge in [0.1, 0.15) is 0 Å². The minimum absolute atomic E-state index is 0.0320. The molecule has 1 aliphatic rings. The maximum atomic E-state index is 12.5. The van der Waals surface area contributed by atoms with E-state index in [1.807, 2.05) is 36.6 Å². The zero-order chi connectivity index (χ0) is 20.5. The van der Waals surface area contributed by atoms with E-state index in [0.717, 1.165) is 17.7 Å². The molecule has 0 saturated carbocycles. The number of hydrogen-bond acceptors (Lipinski definition) is 5. The molecular weight excluding hydrogens is 378 g/mol. The summed E-state index contributed by atoms with van der Waals surface area (Å²) in [5, 5.41) is 14.0. The first-order valence-corrected chi connectivity index (χ1v) is 11.0. The number of carbonyl (C=O) groups excluding carboxylic acids is 3. The number of carboxylic acids is 1. The molecule has 0 aromatic heterocycles. The Morgan fingerprint density at radius 2 is 1.89 bits per heavy atom. The summed E-state index contributed by atoms with van der Waals surface area (Å²) < 4.78 is 0. The Balaban J connectivity index is 1.84. The lowest BCUT2D eigenvalue weighted by Gasteiger charge is -2.33. The van der Waals surface area contributed by atoms with Gasteiger partial charge in [-0.05, 0) is 36.8 Å². The molecule has 1 aromatic rings. The Morgan fingerprint density at radius 3 is 2.46 bits per heavy atom. The van der Waals surface area contributed by atoms with Crippen LogP contribution < -0.4 is 16.2 Å². The average molecular weight is 408 g/mol. The average Bonchev–Trinajstić information content (AvgIpc) is 2.71. The second kappa shape index (κ2) is 11.1. The van der Waals surface area contributed by atoms with Crippen LogP contribution in [0.2, 0.25) is 0 Å². The summed E-state index contributed by atoms with van der Waals surface area (Å²) in [7, 11) is 0. The Bertz CT molecular complexity index is 663. The van der Waals surface area contributed by atoms with Gasteiger partial charge in [-0.1, -0.05) is 30.3 Å². The second-order valence-corrected chi connectivity index (χ2v) is 8.13. The van der Waals surface area contributed by atoms with Gasteiger partial charge in [0.2, 0.25) is 5.91 Å². The van der Waals surface area contributed by atoms with Crippen molar-refractivity contribution in [3.05, 3.63) is 35.9 Å². The first-order valence-electron chi connectivity index (χ1n) is 9.58. The van der Waals surface area contributed by atoms with Crippen LogP contribution in [0.4, 0.5) is 0 Å². The number of benzene rings is 1. The van der Waals surface area contributed by atoms with Crippen molar-refractivity contribution in [2.45, 2.75) is 37.8 Å². The molecule has 2 amide bonds. The molecule has 0 bridgehead atoms. The lowest BCUT2D eigenvalue weighted by Crippen LogP contribution is -2.68. The van der Waals surface area contributed by atoms with Crippen LogP contribution in [-0.2, 0) is 20.8 Å². The molecule has 0 aliphatic carbocycles. The maximum Gasteiger partial charge on any atom is 0.280 e. The Labute approximate surface area is 170 Å². The van der Waals surface area contributed by atoms with Crippen LogP contribution in [0.25, 0.3) is 0 Å². The van der Waals surface area contributed by atoms with Gasteiger partial charge in [0, 0.05) is 25.4 Å². The number of hydrogen-bond donors (Lipinski definition) is 2. The van der Waals surface area contributed by atoms with E-state index >= 15 is 0 Å². The highest BCUT2D eigenvalue weighted by molar-refractivity contribution is 7.98. The molecule has 154 valence electrons. The molecule has 0 spiro atoms. The molecule has 0 unspecified atom stereocenters. The van der Waals surface area contributed by atoms with Gasteiger partial charge in [-0.3, -0.25) is 9.59 Å².